The largest absolute Gasteiger partial charge is 0.536 e. The Morgan fingerprint density at radius 3 is 2.04 bits per heavy atom. The first-order valence-corrected chi connectivity index (χ1v) is 9.38. The fourth-order valence-electron chi connectivity index (χ4n) is 2.41. The summed E-state index contributed by atoms with van der Waals surface area (Å²) in [7, 11) is 2.04. The molecule has 2 rings (SSSR count). The number of aryl methyl sites for hydroxylation is 1. The molecule has 1 aromatic carbocycles. The van der Waals surface area contributed by atoms with Crippen molar-refractivity contribution in [1.82, 2.24) is 4.98 Å². The molecule has 11 heteroatoms. The summed E-state index contributed by atoms with van der Waals surface area (Å²) in [5, 5.41) is 0.998. The maximum Gasteiger partial charge on any atom is 0.536 e. The molecule has 0 saturated heterocycles. The first kappa shape index (κ1) is 29.7. The molecule has 4 nitrogen and oxygen atoms in total. The van der Waals surface area contributed by atoms with Crippen molar-refractivity contribution in [3.05, 3.63) is 17.7 Å². The van der Waals surface area contributed by atoms with E-state index in [0.29, 0.717) is 0 Å². The van der Waals surface area contributed by atoms with Gasteiger partial charge in [0.1, 0.15) is 4.34 Å². The highest BCUT2D eigenvalue weighted by Gasteiger charge is 2.43. The molecule has 1 heterocycles. The van der Waals surface area contributed by atoms with Crippen LogP contribution in [0.5, 0.6) is 0 Å². The van der Waals surface area contributed by atoms with Gasteiger partial charge in [-0.05, 0) is 18.1 Å². The summed E-state index contributed by atoms with van der Waals surface area (Å²) >= 11 is 5.94. The number of rotatable bonds is 6. The number of nitrogens with zero attached hydrogens (tertiary/aromatic N) is 1. The first-order valence-electron chi connectivity index (χ1n) is 6.39. The van der Waals surface area contributed by atoms with E-state index in [-0.39, 0.29) is 54.0 Å². The molecule has 0 spiro atoms. The lowest BCUT2D eigenvalue weighted by molar-refractivity contribution is 0.140. The second kappa shape index (κ2) is 13.2. The normalized spacial score (nSPS) is 10.2. The Balaban J connectivity index is -0.00000110. The second-order valence-corrected chi connectivity index (χ2v) is 8.99. The maximum atomic E-state index is 5.62. The lowest BCUT2D eigenvalue weighted by Gasteiger charge is -2.26. The minimum Gasteiger partial charge on any atom is -0.373 e. The highest BCUT2D eigenvalue weighted by atomic mass is 32.2. The smallest absolute Gasteiger partial charge is 0.373 e. The van der Waals surface area contributed by atoms with E-state index in [1.54, 1.807) is 32.7 Å². The lowest BCUT2D eigenvalue weighted by Crippen LogP contribution is -2.56. The fourth-order valence-corrected chi connectivity index (χ4v) is 5.60. The zero-order chi connectivity index (χ0) is 14.8. The van der Waals surface area contributed by atoms with E-state index in [4.69, 9.17) is 13.3 Å². The number of thiol groups is 1. The Bertz CT molecular complexity index is 600. The molecule has 0 saturated carbocycles. The zero-order valence-corrected chi connectivity index (χ0v) is 20.8. The zero-order valence-electron chi connectivity index (χ0n) is 14.1. The first-order chi connectivity index (χ1) is 9.61. The molecule has 1 aromatic heterocycles. The van der Waals surface area contributed by atoms with Crippen molar-refractivity contribution >= 4 is 102 Å². The third-order valence-electron chi connectivity index (χ3n) is 3.29. The van der Waals surface area contributed by atoms with E-state index in [1.165, 1.54) is 0 Å². The Hall–Kier alpha value is 0.957. The van der Waals surface area contributed by atoms with Crippen molar-refractivity contribution in [2.75, 3.05) is 21.3 Å². The summed E-state index contributed by atoms with van der Waals surface area (Å²) in [6.07, 6.45) is 1.93. The number of benzene rings is 1. The average Bonchev–Trinajstić information content (AvgIpc) is 2.84. The average molecular weight is 466 g/mol. The van der Waals surface area contributed by atoms with Gasteiger partial charge in [0.05, 0.1) is 10.2 Å². The quantitative estimate of drug-likeness (QED) is 0.526. The molecule has 0 aliphatic rings. The van der Waals surface area contributed by atoms with Crippen molar-refractivity contribution in [3.63, 3.8) is 0 Å². The van der Waals surface area contributed by atoms with Crippen LogP contribution in [-0.4, -0.2) is 35.1 Å². The van der Waals surface area contributed by atoms with Gasteiger partial charge in [-0.2, -0.15) is 54.0 Å². The summed E-state index contributed by atoms with van der Waals surface area (Å²) in [4.78, 5) is 4.55. The molecule has 0 atom stereocenters. The number of hydrogen-bond donors (Lipinski definition) is 1. The van der Waals surface area contributed by atoms with Gasteiger partial charge in [-0.15, -0.1) is 24.0 Å². The molecule has 0 amide bonds. The Morgan fingerprint density at radius 2 is 1.58 bits per heavy atom. The van der Waals surface area contributed by atoms with Crippen molar-refractivity contribution in [1.29, 1.82) is 0 Å². The summed E-state index contributed by atoms with van der Waals surface area (Å²) in [5.74, 6) is 0. The van der Waals surface area contributed by atoms with Crippen LogP contribution >= 0.6 is 77.9 Å². The van der Waals surface area contributed by atoms with Gasteiger partial charge in [0.2, 0.25) is 0 Å². The highest BCUT2D eigenvalue weighted by molar-refractivity contribution is 7.82. The van der Waals surface area contributed by atoms with E-state index >= 15 is 0 Å². The van der Waals surface area contributed by atoms with E-state index in [9.17, 15) is 0 Å². The van der Waals surface area contributed by atoms with Gasteiger partial charge in [-0.1, -0.05) is 19.4 Å². The van der Waals surface area contributed by atoms with Gasteiger partial charge < -0.3 is 13.3 Å². The van der Waals surface area contributed by atoms with Crippen molar-refractivity contribution < 1.29 is 13.3 Å². The molecule has 0 aliphatic carbocycles. The Kier molecular flexibility index (Phi) is 16.3. The van der Waals surface area contributed by atoms with Crippen LogP contribution in [0.25, 0.3) is 10.2 Å². The highest BCUT2D eigenvalue weighted by Crippen LogP contribution is 2.28. The minimum atomic E-state index is -2.84. The van der Waals surface area contributed by atoms with E-state index < -0.39 is 8.80 Å². The number of thiazole rings is 1. The summed E-state index contributed by atoms with van der Waals surface area (Å²) in [5.41, 5.74) is 2.14. The molecule has 0 bridgehead atoms. The predicted molar refractivity (Wildman–Crippen MR) is 129 cm³/mol. The van der Waals surface area contributed by atoms with E-state index in [1.807, 2.05) is 12.1 Å². The van der Waals surface area contributed by atoms with Crippen LogP contribution in [0.1, 0.15) is 18.9 Å². The number of hydrogen-bond acceptors (Lipinski definition) is 6. The number of aromatic nitrogens is 1. The third kappa shape index (κ3) is 5.73. The Morgan fingerprint density at radius 1 is 1.04 bits per heavy atom. The Labute approximate surface area is 182 Å². The number of fused-ring (bicyclic) bond motifs is 1. The van der Waals surface area contributed by atoms with Crippen LogP contribution < -0.4 is 5.19 Å². The van der Waals surface area contributed by atoms with Crippen molar-refractivity contribution in [2.24, 2.45) is 0 Å². The van der Waals surface area contributed by atoms with Gasteiger partial charge >= 0.3 is 8.80 Å². The van der Waals surface area contributed by atoms with Gasteiger partial charge in [0.15, 0.2) is 0 Å². The molecule has 0 aliphatic heterocycles. The van der Waals surface area contributed by atoms with Crippen molar-refractivity contribution in [3.8, 4) is 0 Å². The molecule has 0 fully saturated rings. The molecule has 0 N–H and O–H groups in total. The molecular formula is C13H27NO3S6Si. The van der Waals surface area contributed by atoms with Gasteiger partial charge in [0.25, 0.3) is 0 Å². The second-order valence-electron chi connectivity index (χ2n) is 4.35. The van der Waals surface area contributed by atoms with Gasteiger partial charge in [0, 0.05) is 26.5 Å². The van der Waals surface area contributed by atoms with Gasteiger partial charge in [-0.3, -0.25) is 0 Å². The van der Waals surface area contributed by atoms with E-state index in [2.05, 4.69) is 24.5 Å². The topological polar surface area (TPSA) is 40.6 Å². The minimum absolute atomic E-state index is 0. The van der Waals surface area contributed by atoms with E-state index in [0.717, 1.165) is 38.1 Å². The monoisotopic (exact) mass is 465 g/mol. The molecule has 0 unspecified atom stereocenters. The molecule has 0 radical (unpaired) electrons. The summed E-state index contributed by atoms with van der Waals surface area (Å²) in [6, 6.07) is 4.08. The van der Waals surface area contributed by atoms with Crippen LogP contribution in [0.3, 0.4) is 0 Å². The van der Waals surface area contributed by atoms with Crippen LogP contribution in [-0.2, 0) is 19.7 Å². The van der Waals surface area contributed by atoms with Crippen LogP contribution in [0.2, 0.25) is 0 Å². The summed E-state index contributed by atoms with van der Waals surface area (Å²) < 4.78 is 18.8. The lowest BCUT2D eigenvalue weighted by atomic mass is 10.1. The molecule has 24 heavy (non-hydrogen) atoms. The maximum absolute atomic E-state index is 5.62. The molecular weight excluding hydrogens is 439 g/mol. The van der Waals surface area contributed by atoms with Gasteiger partial charge in [-0.25, -0.2) is 4.98 Å². The SMILES string of the molecule is CCCc1c([Si](OC)(OC)OC)ccc2sc(S)nc12.S.S.S.S. The van der Waals surface area contributed by atoms with Crippen LogP contribution in [0.4, 0.5) is 0 Å². The molecule has 2 aromatic rings. The van der Waals surface area contributed by atoms with Crippen LogP contribution in [0, 0.1) is 0 Å². The summed E-state index contributed by atoms with van der Waals surface area (Å²) in [6.45, 7) is 2.15. The third-order valence-corrected chi connectivity index (χ3v) is 7.23. The predicted octanol–water partition coefficient (Wildman–Crippen LogP) is 3.07. The molecule has 142 valence electrons. The van der Waals surface area contributed by atoms with Crippen LogP contribution in [0.15, 0.2) is 16.5 Å². The fraction of sp³-hybridized carbons (Fsp3) is 0.462. The standard InChI is InChI=1S/C13H19NO3S2Si.4H2S/c1-5-6-9-11(20(15-2,16-3)17-4)8-7-10-12(9)14-13(18)19-10;;;;/h7-8H,5-6H2,1-4H3,(H,14,18);4*1H2. The van der Waals surface area contributed by atoms with Crippen molar-refractivity contribution in [2.45, 2.75) is 24.1 Å².